The molecule has 0 bridgehead atoms. The Balaban J connectivity index is 0.00000225. The lowest BCUT2D eigenvalue weighted by molar-refractivity contribution is -0.0501. The van der Waals surface area contributed by atoms with Crippen LogP contribution in [0.3, 0.4) is 0 Å². The molecule has 0 fully saturated rings. The van der Waals surface area contributed by atoms with E-state index in [1.807, 2.05) is 18.2 Å². The van der Waals surface area contributed by atoms with Crippen LogP contribution in [0.1, 0.15) is 27.5 Å². The highest BCUT2D eigenvalue weighted by molar-refractivity contribution is 5.96. The number of ether oxygens (including phenoxy) is 1. The molecular formula is C18H19ClF2N2O2. The molecule has 3 rings (SSSR count). The van der Waals surface area contributed by atoms with Crippen LogP contribution in [0.15, 0.2) is 48.5 Å². The minimum atomic E-state index is -2.97. The van der Waals surface area contributed by atoms with Gasteiger partial charge in [-0.1, -0.05) is 36.4 Å². The number of fused-ring (bicyclic) bond motifs is 1. The Bertz CT molecular complexity index is 728. The fourth-order valence-electron chi connectivity index (χ4n) is 2.92. The Morgan fingerprint density at radius 1 is 1.20 bits per heavy atom. The molecule has 25 heavy (non-hydrogen) atoms. The molecule has 7 heteroatoms. The van der Waals surface area contributed by atoms with Gasteiger partial charge in [0.05, 0.1) is 5.56 Å². The summed E-state index contributed by atoms with van der Waals surface area (Å²) in [5, 5.41) is 6.16. The molecule has 0 saturated carbocycles. The molecule has 0 saturated heterocycles. The molecule has 0 radical (unpaired) electrons. The van der Waals surface area contributed by atoms with Gasteiger partial charge in [0.2, 0.25) is 0 Å². The van der Waals surface area contributed by atoms with E-state index in [0.717, 1.165) is 18.5 Å². The molecule has 2 N–H and O–H groups in total. The monoisotopic (exact) mass is 368 g/mol. The lowest BCUT2D eigenvalue weighted by Gasteiger charge is -2.27. The molecule has 0 aliphatic carbocycles. The molecule has 4 nitrogen and oxygen atoms in total. The minimum absolute atomic E-state index is 0. The smallest absolute Gasteiger partial charge is 0.387 e. The van der Waals surface area contributed by atoms with Crippen molar-refractivity contribution in [2.75, 3.05) is 13.1 Å². The lowest BCUT2D eigenvalue weighted by Crippen LogP contribution is -2.39. The second-order valence-electron chi connectivity index (χ2n) is 5.54. The van der Waals surface area contributed by atoms with Crippen molar-refractivity contribution >= 4 is 18.3 Å². The van der Waals surface area contributed by atoms with Gasteiger partial charge in [-0.3, -0.25) is 4.79 Å². The average molecular weight is 369 g/mol. The quantitative estimate of drug-likeness (QED) is 0.851. The summed E-state index contributed by atoms with van der Waals surface area (Å²) in [5.74, 6) is -0.557. The van der Waals surface area contributed by atoms with Crippen molar-refractivity contribution in [2.45, 2.75) is 19.1 Å². The third-order valence-corrected chi connectivity index (χ3v) is 4.03. The number of amides is 1. The topological polar surface area (TPSA) is 50.4 Å². The van der Waals surface area contributed by atoms with Crippen LogP contribution in [0.25, 0.3) is 0 Å². The maximum Gasteiger partial charge on any atom is 0.387 e. The van der Waals surface area contributed by atoms with Gasteiger partial charge in [0.25, 0.3) is 5.91 Å². The molecule has 1 aliphatic rings. The fraction of sp³-hybridized carbons (Fsp3) is 0.278. The molecule has 2 aromatic carbocycles. The third kappa shape index (κ3) is 4.67. The van der Waals surface area contributed by atoms with Crippen LogP contribution in [0, 0.1) is 0 Å². The summed E-state index contributed by atoms with van der Waals surface area (Å²) in [5.41, 5.74) is 2.51. The van der Waals surface area contributed by atoms with E-state index < -0.39 is 12.5 Å². The second-order valence-corrected chi connectivity index (χ2v) is 5.54. The number of carbonyl (C=O) groups excluding carboxylic acids is 1. The predicted octanol–water partition coefficient (Wildman–Crippen LogP) is 3.33. The van der Waals surface area contributed by atoms with Gasteiger partial charge in [-0.15, -0.1) is 12.4 Å². The molecule has 0 aromatic heterocycles. The minimum Gasteiger partial charge on any atom is -0.434 e. The number of para-hydroxylation sites is 1. The van der Waals surface area contributed by atoms with Crippen molar-refractivity contribution in [3.8, 4) is 5.75 Å². The highest BCUT2D eigenvalue weighted by Gasteiger charge is 2.21. The van der Waals surface area contributed by atoms with Crippen LogP contribution < -0.4 is 15.4 Å². The van der Waals surface area contributed by atoms with Crippen LogP contribution in [-0.4, -0.2) is 25.6 Å². The van der Waals surface area contributed by atoms with Gasteiger partial charge in [-0.05, 0) is 36.2 Å². The average Bonchev–Trinajstić information content (AvgIpc) is 2.59. The first-order valence-electron chi connectivity index (χ1n) is 7.78. The van der Waals surface area contributed by atoms with Gasteiger partial charge in [-0.2, -0.15) is 8.78 Å². The van der Waals surface area contributed by atoms with E-state index in [-0.39, 0.29) is 29.8 Å². The molecule has 1 heterocycles. The van der Waals surface area contributed by atoms with E-state index >= 15 is 0 Å². The van der Waals surface area contributed by atoms with Gasteiger partial charge in [0.1, 0.15) is 5.75 Å². The number of alkyl halides is 2. The van der Waals surface area contributed by atoms with Gasteiger partial charge in [0, 0.05) is 12.6 Å². The number of nitrogens with one attached hydrogen (secondary N) is 2. The van der Waals surface area contributed by atoms with Crippen molar-refractivity contribution in [1.82, 2.24) is 10.6 Å². The van der Waals surface area contributed by atoms with Gasteiger partial charge in [0.15, 0.2) is 0 Å². The van der Waals surface area contributed by atoms with Crippen molar-refractivity contribution < 1.29 is 18.3 Å². The van der Waals surface area contributed by atoms with Gasteiger partial charge in [-0.25, -0.2) is 0 Å². The molecule has 1 amide bonds. The number of halogens is 3. The Morgan fingerprint density at radius 3 is 2.72 bits per heavy atom. The summed E-state index contributed by atoms with van der Waals surface area (Å²) in [6.45, 7) is -1.76. The first-order valence-corrected chi connectivity index (χ1v) is 7.78. The Hall–Kier alpha value is -2.18. The van der Waals surface area contributed by atoms with E-state index in [4.69, 9.17) is 0 Å². The number of hydrogen-bond donors (Lipinski definition) is 2. The van der Waals surface area contributed by atoms with E-state index in [1.54, 1.807) is 12.1 Å². The molecule has 134 valence electrons. The first-order chi connectivity index (χ1) is 11.6. The number of benzene rings is 2. The molecule has 1 atom stereocenters. The highest BCUT2D eigenvalue weighted by Crippen LogP contribution is 2.23. The number of rotatable bonds is 5. The second kappa shape index (κ2) is 8.78. The predicted molar refractivity (Wildman–Crippen MR) is 93.5 cm³/mol. The Morgan fingerprint density at radius 2 is 1.92 bits per heavy atom. The van der Waals surface area contributed by atoms with Crippen molar-refractivity contribution in [3.63, 3.8) is 0 Å². The summed E-state index contributed by atoms with van der Waals surface area (Å²) in [7, 11) is 0. The maximum absolute atomic E-state index is 12.4. The number of carbonyl (C=O) groups is 1. The molecule has 1 aliphatic heterocycles. The van der Waals surface area contributed by atoms with Crippen LogP contribution in [-0.2, 0) is 6.42 Å². The van der Waals surface area contributed by atoms with Crippen LogP contribution in [0.2, 0.25) is 0 Å². The Kier molecular flexibility index (Phi) is 6.73. The van der Waals surface area contributed by atoms with Crippen molar-refractivity contribution in [3.05, 3.63) is 65.2 Å². The third-order valence-electron chi connectivity index (χ3n) is 4.03. The molecular weight excluding hydrogens is 350 g/mol. The van der Waals surface area contributed by atoms with E-state index in [9.17, 15) is 13.6 Å². The maximum atomic E-state index is 12.4. The van der Waals surface area contributed by atoms with Crippen molar-refractivity contribution in [2.24, 2.45) is 0 Å². The molecule has 0 spiro atoms. The van der Waals surface area contributed by atoms with Crippen LogP contribution in [0.4, 0.5) is 8.78 Å². The summed E-state index contributed by atoms with van der Waals surface area (Å²) >= 11 is 0. The van der Waals surface area contributed by atoms with E-state index in [0.29, 0.717) is 6.54 Å². The normalized spacial score (nSPS) is 15.9. The van der Waals surface area contributed by atoms with Crippen LogP contribution in [0.5, 0.6) is 5.75 Å². The molecule has 2 aromatic rings. The first kappa shape index (κ1) is 19.1. The summed E-state index contributed by atoms with van der Waals surface area (Å²) in [6.07, 6.45) is 0.950. The zero-order valence-corrected chi connectivity index (χ0v) is 14.2. The highest BCUT2D eigenvalue weighted by atomic mass is 35.5. The summed E-state index contributed by atoms with van der Waals surface area (Å²) in [6, 6.07) is 14.1. The fourth-order valence-corrected chi connectivity index (χ4v) is 2.92. The van der Waals surface area contributed by atoms with E-state index in [2.05, 4.69) is 21.4 Å². The van der Waals surface area contributed by atoms with Gasteiger partial charge < -0.3 is 15.4 Å². The largest absolute Gasteiger partial charge is 0.434 e. The zero-order valence-electron chi connectivity index (χ0n) is 13.4. The number of hydrogen-bond acceptors (Lipinski definition) is 3. The molecule has 1 unspecified atom stereocenters. The van der Waals surface area contributed by atoms with Crippen molar-refractivity contribution in [1.29, 1.82) is 0 Å². The summed E-state index contributed by atoms with van der Waals surface area (Å²) < 4.78 is 29.3. The van der Waals surface area contributed by atoms with Crippen LogP contribution >= 0.6 is 12.4 Å². The standard InChI is InChI=1S/C18H18F2N2O2.ClH/c19-18(20)24-16-8-4-3-7-14(16)17(23)22-11-15-13-6-2-1-5-12(13)9-10-21-15;/h1-8,15,18,21H,9-11H2,(H,22,23);1H. The zero-order chi connectivity index (χ0) is 16.9. The lowest BCUT2D eigenvalue weighted by atomic mass is 9.94. The Labute approximate surface area is 151 Å². The SMILES string of the molecule is Cl.O=C(NCC1NCCc2ccccc21)c1ccccc1OC(F)F. The summed E-state index contributed by atoms with van der Waals surface area (Å²) in [4.78, 5) is 12.3. The van der Waals surface area contributed by atoms with Gasteiger partial charge >= 0.3 is 6.61 Å². The van der Waals surface area contributed by atoms with E-state index in [1.165, 1.54) is 17.7 Å².